The van der Waals surface area contributed by atoms with Crippen molar-refractivity contribution in [3.8, 4) is 0 Å². The second-order valence-electron chi connectivity index (χ2n) is 5.02. The molecule has 100 valence electrons. The summed E-state index contributed by atoms with van der Waals surface area (Å²) in [6.07, 6.45) is 4.26. The van der Waals surface area contributed by atoms with Gasteiger partial charge in [0, 0.05) is 32.4 Å². The number of hydrogen-bond donors (Lipinski definition) is 1. The highest BCUT2D eigenvalue weighted by Gasteiger charge is 2.17. The van der Waals surface area contributed by atoms with Crippen molar-refractivity contribution in [1.29, 1.82) is 0 Å². The third kappa shape index (κ3) is 3.68. The van der Waals surface area contributed by atoms with E-state index >= 15 is 0 Å². The van der Waals surface area contributed by atoms with E-state index in [0.29, 0.717) is 0 Å². The zero-order valence-electron chi connectivity index (χ0n) is 11.3. The third-order valence-corrected chi connectivity index (χ3v) is 3.53. The number of aromatic nitrogens is 1. The molecule has 1 aliphatic heterocycles. The lowest BCUT2D eigenvalue weighted by molar-refractivity contribution is 0.253. The zero-order chi connectivity index (χ0) is 12.8. The van der Waals surface area contributed by atoms with Crippen molar-refractivity contribution in [2.45, 2.75) is 19.8 Å². The first-order valence-corrected chi connectivity index (χ1v) is 6.89. The van der Waals surface area contributed by atoms with E-state index in [1.54, 1.807) is 0 Å². The molecular formula is C14H24N4. The molecule has 0 bridgehead atoms. The minimum Gasteiger partial charge on any atom is -0.354 e. The number of pyridine rings is 1. The fourth-order valence-electron chi connectivity index (χ4n) is 2.37. The van der Waals surface area contributed by atoms with Crippen LogP contribution in [0.3, 0.4) is 0 Å². The lowest BCUT2D eigenvalue weighted by Crippen LogP contribution is -2.47. The Bertz CT molecular complexity index is 359. The SMILES string of the molecule is Cc1ccnc(N2CCN(CCCCN)CC2)c1. The molecule has 1 saturated heterocycles. The number of piperazine rings is 1. The maximum atomic E-state index is 5.52. The highest BCUT2D eigenvalue weighted by molar-refractivity contribution is 5.41. The number of anilines is 1. The van der Waals surface area contributed by atoms with Crippen LogP contribution in [0.5, 0.6) is 0 Å². The molecule has 0 aromatic carbocycles. The van der Waals surface area contributed by atoms with Gasteiger partial charge in [-0.3, -0.25) is 4.90 Å². The number of rotatable bonds is 5. The molecule has 1 fully saturated rings. The molecule has 1 aliphatic rings. The van der Waals surface area contributed by atoms with Crippen LogP contribution in [0, 0.1) is 6.92 Å². The largest absolute Gasteiger partial charge is 0.354 e. The number of aryl methyl sites for hydroxylation is 1. The summed E-state index contributed by atoms with van der Waals surface area (Å²) in [5.74, 6) is 1.12. The molecule has 0 aliphatic carbocycles. The third-order valence-electron chi connectivity index (χ3n) is 3.53. The Morgan fingerprint density at radius 3 is 2.67 bits per heavy atom. The van der Waals surface area contributed by atoms with Crippen LogP contribution >= 0.6 is 0 Å². The average Bonchev–Trinajstić information content (AvgIpc) is 2.40. The Labute approximate surface area is 110 Å². The van der Waals surface area contributed by atoms with Crippen LogP contribution < -0.4 is 10.6 Å². The molecule has 0 spiro atoms. The lowest BCUT2D eigenvalue weighted by Gasteiger charge is -2.35. The van der Waals surface area contributed by atoms with Gasteiger partial charge in [-0.15, -0.1) is 0 Å². The van der Waals surface area contributed by atoms with E-state index in [1.165, 1.54) is 18.5 Å². The molecule has 2 rings (SSSR count). The monoisotopic (exact) mass is 248 g/mol. The summed E-state index contributed by atoms with van der Waals surface area (Å²) >= 11 is 0. The van der Waals surface area contributed by atoms with Gasteiger partial charge in [0.25, 0.3) is 0 Å². The molecule has 18 heavy (non-hydrogen) atoms. The van der Waals surface area contributed by atoms with Crippen molar-refractivity contribution < 1.29 is 0 Å². The Morgan fingerprint density at radius 1 is 1.22 bits per heavy atom. The normalized spacial score (nSPS) is 17.1. The van der Waals surface area contributed by atoms with Crippen molar-refractivity contribution >= 4 is 5.82 Å². The van der Waals surface area contributed by atoms with Gasteiger partial charge in [0.2, 0.25) is 0 Å². The Kier molecular flexibility index (Phi) is 4.96. The molecule has 1 aromatic heterocycles. The van der Waals surface area contributed by atoms with Crippen LogP contribution in [0.25, 0.3) is 0 Å². The predicted molar refractivity (Wildman–Crippen MR) is 75.9 cm³/mol. The van der Waals surface area contributed by atoms with Gasteiger partial charge in [0.05, 0.1) is 0 Å². The summed E-state index contributed by atoms with van der Waals surface area (Å²) in [5.41, 5.74) is 6.80. The van der Waals surface area contributed by atoms with Crippen LogP contribution in [0.1, 0.15) is 18.4 Å². The van der Waals surface area contributed by atoms with Crippen molar-refractivity contribution in [3.05, 3.63) is 23.9 Å². The van der Waals surface area contributed by atoms with Crippen molar-refractivity contribution in [2.24, 2.45) is 5.73 Å². The fraction of sp³-hybridized carbons (Fsp3) is 0.643. The van der Waals surface area contributed by atoms with E-state index in [2.05, 4.69) is 27.8 Å². The van der Waals surface area contributed by atoms with E-state index in [9.17, 15) is 0 Å². The minimum absolute atomic E-state index is 0.813. The van der Waals surface area contributed by atoms with Crippen molar-refractivity contribution in [3.63, 3.8) is 0 Å². The maximum Gasteiger partial charge on any atom is 0.128 e. The first-order chi connectivity index (χ1) is 8.79. The molecule has 2 N–H and O–H groups in total. The quantitative estimate of drug-likeness (QED) is 0.797. The summed E-state index contributed by atoms with van der Waals surface area (Å²) in [6, 6.07) is 4.22. The number of nitrogens with zero attached hydrogens (tertiary/aromatic N) is 3. The summed E-state index contributed by atoms with van der Waals surface area (Å²) in [7, 11) is 0. The van der Waals surface area contributed by atoms with Gasteiger partial charge in [-0.25, -0.2) is 4.98 Å². The van der Waals surface area contributed by atoms with E-state index in [-0.39, 0.29) is 0 Å². The molecule has 2 heterocycles. The van der Waals surface area contributed by atoms with Crippen LogP contribution in [-0.2, 0) is 0 Å². The van der Waals surface area contributed by atoms with Crippen LogP contribution in [0.4, 0.5) is 5.82 Å². The van der Waals surface area contributed by atoms with Gasteiger partial charge in [0.15, 0.2) is 0 Å². The smallest absolute Gasteiger partial charge is 0.128 e. The summed E-state index contributed by atoms with van der Waals surface area (Å²) in [5, 5.41) is 0. The molecular weight excluding hydrogens is 224 g/mol. The first-order valence-electron chi connectivity index (χ1n) is 6.89. The molecule has 0 atom stereocenters. The summed E-state index contributed by atoms with van der Waals surface area (Å²) in [6.45, 7) is 8.56. The Balaban J connectivity index is 1.79. The van der Waals surface area contributed by atoms with E-state index in [1.807, 2.05) is 12.3 Å². The van der Waals surface area contributed by atoms with E-state index in [4.69, 9.17) is 5.73 Å². The van der Waals surface area contributed by atoms with Gasteiger partial charge in [-0.05, 0) is 50.6 Å². The number of hydrogen-bond acceptors (Lipinski definition) is 4. The molecule has 0 radical (unpaired) electrons. The highest BCUT2D eigenvalue weighted by atomic mass is 15.3. The van der Waals surface area contributed by atoms with Gasteiger partial charge < -0.3 is 10.6 Å². The molecule has 4 nitrogen and oxygen atoms in total. The predicted octanol–water partition coefficient (Wildman–Crippen LogP) is 1.25. The average molecular weight is 248 g/mol. The standard InChI is InChI=1S/C14H24N4/c1-13-4-6-16-14(12-13)18-10-8-17(9-11-18)7-3-2-5-15/h4,6,12H,2-3,5,7-11,15H2,1H3. The Hall–Kier alpha value is -1.13. The molecule has 0 unspecified atom stereocenters. The topological polar surface area (TPSA) is 45.4 Å². The summed E-state index contributed by atoms with van der Waals surface area (Å²) < 4.78 is 0. The molecule has 0 saturated carbocycles. The van der Waals surface area contributed by atoms with Gasteiger partial charge in [-0.1, -0.05) is 0 Å². The van der Waals surface area contributed by atoms with Gasteiger partial charge in [0.1, 0.15) is 5.82 Å². The van der Waals surface area contributed by atoms with Gasteiger partial charge in [-0.2, -0.15) is 0 Å². The van der Waals surface area contributed by atoms with Crippen molar-refractivity contribution in [1.82, 2.24) is 9.88 Å². The van der Waals surface area contributed by atoms with Crippen LogP contribution in [0.2, 0.25) is 0 Å². The second kappa shape index (κ2) is 6.71. The highest BCUT2D eigenvalue weighted by Crippen LogP contribution is 2.14. The van der Waals surface area contributed by atoms with Crippen LogP contribution in [0.15, 0.2) is 18.3 Å². The maximum absolute atomic E-state index is 5.52. The fourth-order valence-corrected chi connectivity index (χ4v) is 2.37. The minimum atomic E-state index is 0.813. The van der Waals surface area contributed by atoms with Gasteiger partial charge >= 0.3 is 0 Å². The summed E-state index contributed by atoms with van der Waals surface area (Å²) in [4.78, 5) is 9.37. The molecule has 1 aromatic rings. The molecule has 4 heteroatoms. The van der Waals surface area contributed by atoms with Crippen LogP contribution in [-0.4, -0.2) is 49.2 Å². The molecule has 0 amide bonds. The second-order valence-corrected chi connectivity index (χ2v) is 5.02. The van der Waals surface area contributed by atoms with E-state index < -0.39 is 0 Å². The zero-order valence-corrected chi connectivity index (χ0v) is 11.3. The number of nitrogens with two attached hydrogens (primary N) is 1. The first kappa shape index (κ1) is 13.3. The van der Waals surface area contributed by atoms with Crippen molar-refractivity contribution in [2.75, 3.05) is 44.2 Å². The number of unbranched alkanes of at least 4 members (excludes halogenated alkanes) is 1. The van der Waals surface area contributed by atoms with E-state index in [0.717, 1.165) is 45.0 Å². The lowest BCUT2D eigenvalue weighted by atomic mass is 10.2. The Morgan fingerprint density at radius 2 is 2.00 bits per heavy atom.